The third kappa shape index (κ3) is 3.50. The van der Waals surface area contributed by atoms with Crippen molar-refractivity contribution in [2.24, 2.45) is 0 Å². The Bertz CT molecular complexity index is 1260. The Kier molecular flexibility index (Phi) is 5.17. The van der Waals surface area contributed by atoms with Crippen LogP contribution in [0.2, 0.25) is 0 Å². The summed E-state index contributed by atoms with van der Waals surface area (Å²) in [6.07, 6.45) is 0. The summed E-state index contributed by atoms with van der Waals surface area (Å²) in [5.41, 5.74) is 0.169. The van der Waals surface area contributed by atoms with Crippen LogP contribution >= 0.6 is 0 Å². The maximum Gasteiger partial charge on any atom is 0.291 e. The van der Waals surface area contributed by atoms with E-state index in [1.54, 1.807) is 30.3 Å². The van der Waals surface area contributed by atoms with Crippen molar-refractivity contribution in [3.8, 4) is 11.8 Å². The van der Waals surface area contributed by atoms with Crippen LogP contribution in [-0.2, 0) is 10.0 Å². The highest BCUT2D eigenvalue weighted by atomic mass is 32.2. The molecule has 1 amide bonds. The highest BCUT2D eigenvalue weighted by Gasteiger charge is 2.33. The Hall–Kier alpha value is -3.39. The number of piperazine rings is 1. The van der Waals surface area contributed by atoms with Gasteiger partial charge in [-0.25, -0.2) is 8.42 Å². The summed E-state index contributed by atoms with van der Waals surface area (Å²) in [4.78, 5) is 12.0. The van der Waals surface area contributed by atoms with Crippen LogP contribution in [0.3, 0.4) is 0 Å². The number of carbonyl (C=O) groups is 1. The lowest BCUT2D eigenvalue weighted by molar-refractivity contribution is 0.0998. The monoisotopic (exact) mass is 426 g/mol. The van der Waals surface area contributed by atoms with Gasteiger partial charge in [0.05, 0.1) is 5.56 Å². The number of phenols is 1. The fourth-order valence-corrected chi connectivity index (χ4v) is 4.97. The van der Waals surface area contributed by atoms with Crippen molar-refractivity contribution in [3.63, 3.8) is 0 Å². The summed E-state index contributed by atoms with van der Waals surface area (Å²) in [6, 6.07) is 13.2. The van der Waals surface area contributed by atoms with Gasteiger partial charge in [0.2, 0.25) is 10.0 Å². The van der Waals surface area contributed by atoms with Crippen molar-refractivity contribution in [1.29, 1.82) is 5.26 Å². The molecule has 4 rings (SSSR count). The van der Waals surface area contributed by atoms with E-state index in [1.807, 2.05) is 6.07 Å². The molecular weight excluding hydrogens is 408 g/mol. The largest absolute Gasteiger partial charge is 0.503 e. The summed E-state index contributed by atoms with van der Waals surface area (Å²) in [5.74, 6) is -1.37. The minimum absolute atomic E-state index is 0.121. The molecule has 10 heteroatoms. The van der Waals surface area contributed by atoms with Gasteiger partial charge in [-0.1, -0.05) is 18.2 Å². The van der Waals surface area contributed by atoms with Gasteiger partial charge < -0.3 is 20.2 Å². The van der Waals surface area contributed by atoms with Gasteiger partial charge in [-0.05, 0) is 24.3 Å². The molecule has 0 saturated carbocycles. The van der Waals surface area contributed by atoms with Crippen LogP contribution in [0.1, 0.15) is 16.1 Å². The van der Waals surface area contributed by atoms with Crippen molar-refractivity contribution in [3.05, 3.63) is 53.8 Å². The molecule has 0 aliphatic carbocycles. The molecule has 0 bridgehead atoms. The Morgan fingerprint density at radius 3 is 2.57 bits per heavy atom. The first kappa shape index (κ1) is 19.9. The molecule has 1 aliphatic rings. The van der Waals surface area contributed by atoms with E-state index in [1.165, 1.54) is 16.4 Å². The fraction of sp³-hybridized carbons (Fsp3) is 0.200. The number of anilines is 1. The number of aromatic hydroxyl groups is 1. The third-order valence-corrected chi connectivity index (χ3v) is 6.76. The van der Waals surface area contributed by atoms with E-state index in [2.05, 4.69) is 10.6 Å². The number of fused-ring (bicyclic) bond motifs is 1. The number of carbonyl (C=O) groups excluding carboxylic acids is 1. The van der Waals surface area contributed by atoms with Crippen LogP contribution in [0.25, 0.3) is 11.0 Å². The third-order valence-electron chi connectivity index (χ3n) is 4.79. The number of nitrogens with one attached hydrogen (secondary N) is 2. The average Bonchev–Trinajstić information content (AvgIpc) is 3.19. The minimum Gasteiger partial charge on any atom is -0.503 e. The van der Waals surface area contributed by atoms with E-state index >= 15 is 0 Å². The second-order valence-electron chi connectivity index (χ2n) is 6.72. The predicted octanol–water partition coefficient (Wildman–Crippen LogP) is 1.86. The van der Waals surface area contributed by atoms with E-state index in [4.69, 9.17) is 4.42 Å². The molecule has 0 radical (unpaired) electrons. The van der Waals surface area contributed by atoms with Crippen LogP contribution in [0.4, 0.5) is 5.69 Å². The molecule has 0 unspecified atom stereocenters. The van der Waals surface area contributed by atoms with Gasteiger partial charge in [0.15, 0.2) is 17.1 Å². The Morgan fingerprint density at radius 1 is 1.20 bits per heavy atom. The Balaban J connectivity index is 1.77. The van der Waals surface area contributed by atoms with Crippen molar-refractivity contribution in [2.75, 3.05) is 31.5 Å². The minimum atomic E-state index is -4.13. The van der Waals surface area contributed by atoms with Gasteiger partial charge in [0, 0.05) is 37.3 Å². The SMILES string of the molecule is N#Cc1cc2cc(C(=O)Nc3ccccc3)oc2c(O)c1S(=O)(=O)N1CCNCC1. The standard InChI is InChI=1S/C20H18N4O5S/c21-12-14-10-13-11-16(20(26)23-15-4-2-1-3-5-15)29-18(13)17(25)19(14)30(27,28)24-8-6-22-7-9-24/h1-5,10-11,22,25H,6-9H2,(H,23,26). The summed E-state index contributed by atoms with van der Waals surface area (Å²) in [7, 11) is -4.13. The molecule has 9 nitrogen and oxygen atoms in total. The smallest absolute Gasteiger partial charge is 0.291 e. The number of nitriles is 1. The zero-order chi connectivity index (χ0) is 21.3. The van der Waals surface area contributed by atoms with E-state index in [9.17, 15) is 23.6 Å². The summed E-state index contributed by atoms with van der Waals surface area (Å²) in [6.45, 7) is 1.37. The maximum atomic E-state index is 13.1. The topological polar surface area (TPSA) is 136 Å². The molecule has 1 aromatic heterocycles. The molecule has 1 saturated heterocycles. The molecule has 0 spiro atoms. The van der Waals surface area contributed by atoms with Gasteiger partial charge in [-0.3, -0.25) is 4.79 Å². The number of para-hydroxylation sites is 1. The van der Waals surface area contributed by atoms with Gasteiger partial charge in [0.25, 0.3) is 5.91 Å². The number of phenolic OH excluding ortho intramolecular Hbond substituents is 1. The highest BCUT2D eigenvalue weighted by molar-refractivity contribution is 7.89. The van der Waals surface area contributed by atoms with Crippen LogP contribution in [-0.4, -0.2) is 49.9 Å². The van der Waals surface area contributed by atoms with E-state index < -0.39 is 26.6 Å². The van der Waals surface area contributed by atoms with Crippen LogP contribution in [0.5, 0.6) is 5.75 Å². The quantitative estimate of drug-likeness (QED) is 0.579. The molecule has 2 heterocycles. The van der Waals surface area contributed by atoms with E-state index in [0.717, 1.165) is 0 Å². The van der Waals surface area contributed by atoms with Crippen LogP contribution in [0, 0.1) is 11.3 Å². The molecule has 1 fully saturated rings. The summed E-state index contributed by atoms with van der Waals surface area (Å²) < 4.78 is 32.9. The molecular formula is C20H18N4O5S. The number of furan rings is 1. The first-order chi connectivity index (χ1) is 14.4. The Labute approximate surface area is 172 Å². The lowest BCUT2D eigenvalue weighted by atomic mass is 10.1. The zero-order valence-corrected chi connectivity index (χ0v) is 16.6. The van der Waals surface area contributed by atoms with Gasteiger partial charge in [-0.2, -0.15) is 9.57 Å². The lowest BCUT2D eigenvalue weighted by Crippen LogP contribution is -2.46. The number of hydrogen-bond acceptors (Lipinski definition) is 7. The van der Waals surface area contributed by atoms with Crippen molar-refractivity contribution < 1.29 is 22.7 Å². The second kappa shape index (κ2) is 7.79. The van der Waals surface area contributed by atoms with Gasteiger partial charge in [0.1, 0.15) is 11.0 Å². The van der Waals surface area contributed by atoms with Crippen molar-refractivity contribution in [2.45, 2.75) is 4.90 Å². The van der Waals surface area contributed by atoms with Gasteiger partial charge in [-0.15, -0.1) is 0 Å². The molecule has 1 aliphatic heterocycles. The number of nitrogens with zero attached hydrogens (tertiary/aromatic N) is 2. The maximum absolute atomic E-state index is 13.1. The Morgan fingerprint density at radius 2 is 1.90 bits per heavy atom. The highest BCUT2D eigenvalue weighted by Crippen LogP contribution is 2.38. The fourth-order valence-electron chi connectivity index (χ4n) is 3.33. The lowest BCUT2D eigenvalue weighted by Gasteiger charge is -2.27. The molecule has 30 heavy (non-hydrogen) atoms. The second-order valence-corrected chi connectivity index (χ2v) is 8.59. The normalized spacial score (nSPS) is 15.0. The molecule has 3 aromatic rings. The zero-order valence-electron chi connectivity index (χ0n) is 15.8. The van der Waals surface area contributed by atoms with Gasteiger partial charge >= 0.3 is 0 Å². The number of hydrogen-bond donors (Lipinski definition) is 3. The first-order valence-electron chi connectivity index (χ1n) is 9.18. The van der Waals surface area contributed by atoms with Crippen LogP contribution < -0.4 is 10.6 Å². The summed E-state index contributed by atoms with van der Waals surface area (Å²) >= 11 is 0. The summed E-state index contributed by atoms with van der Waals surface area (Å²) in [5, 5.41) is 26.2. The molecule has 0 atom stereocenters. The number of rotatable bonds is 4. The van der Waals surface area contributed by atoms with E-state index in [0.29, 0.717) is 18.8 Å². The molecule has 154 valence electrons. The van der Waals surface area contributed by atoms with Crippen molar-refractivity contribution in [1.82, 2.24) is 9.62 Å². The average molecular weight is 426 g/mol. The molecule has 3 N–H and O–H groups in total. The van der Waals surface area contributed by atoms with Crippen LogP contribution in [0.15, 0.2) is 51.8 Å². The number of benzene rings is 2. The number of sulfonamides is 1. The van der Waals surface area contributed by atoms with Crippen molar-refractivity contribution >= 4 is 32.6 Å². The molecule has 2 aromatic carbocycles. The first-order valence-corrected chi connectivity index (χ1v) is 10.6. The number of amides is 1. The van der Waals surface area contributed by atoms with E-state index in [-0.39, 0.29) is 35.4 Å². The predicted molar refractivity (Wildman–Crippen MR) is 109 cm³/mol.